The molecule has 0 aromatic rings. The fourth-order valence-corrected chi connectivity index (χ4v) is 2.03. The van der Waals surface area contributed by atoms with Crippen molar-refractivity contribution >= 4 is 7.37 Å². The van der Waals surface area contributed by atoms with Crippen LogP contribution in [0.3, 0.4) is 0 Å². The van der Waals surface area contributed by atoms with Gasteiger partial charge in [-0.2, -0.15) is 0 Å². The minimum Gasteiger partial charge on any atom is -0.796 e. The molecule has 1 atom stereocenters. The second kappa shape index (κ2) is 4.02. The zero-order chi connectivity index (χ0) is 7.61. The van der Waals surface area contributed by atoms with Crippen LogP contribution in [0.4, 0.5) is 0 Å². The van der Waals surface area contributed by atoms with Crippen molar-refractivity contribution in [2.24, 2.45) is 0 Å². The molecule has 0 saturated carbocycles. The lowest BCUT2D eigenvalue weighted by molar-refractivity contribution is -0.647. The molecule has 1 aliphatic heterocycles. The van der Waals surface area contributed by atoms with E-state index in [0.29, 0.717) is 11.7 Å². The number of rotatable bonds is 1. The maximum absolute atomic E-state index is 10.9. The van der Waals surface area contributed by atoms with Crippen molar-refractivity contribution in [1.82, 2.24) is 0 Å². The van der Waals surface area contributed by atoms with E-state index < -0.39 is 7.37 Å². The molecule has 0 aromatic carbocycles. The fraction of sp³-hybridized carbons (Fsp3) is 0.667. The summed E-state index contributed by atoms with van der Waals surface area (Å²) in [5, 5.41) is 2.73. The monoisotopic (exact) mass is 179 g/mol. The Balaban J connectivity index is 0.000001000. The van der Waals surface area contributed by atoms with Gasteiger partial charge in [0.1, 0.15) is 0 Å². The quantitative estimate of drug-likeness (QED) is 0.485. The Kier molecular flexibility index (Phi) is 3.97. The van der Waals surface area contributed by atoms with Crippen molar-refractivity contribution in [3.05, 3.63) is 11.4 Å². The van der Waals surface area contributed by atoms with Crippen LogP contribution in [0.25, 0.3) is 0 Å². The Hall–Kier alpha value is -0.150. The van der Waals surface area contributed by atoms with E-state index in [9.17, 15) is 9.46 Å². The smallest absolute Gasteiger partial charge is 0.0949 e. The molecule has 0 aliphatic carbocycles. The zero-order valence-corrected chi connectivity index (χ0v) is 7.43. The zero-order valence-electron chi connectivity index (χ0n) is 6.54. The lowest BCUT2D eigenvalue weighted by Gasteiger charge is -2.23. The lowest BCUT2D eigenvalue weighted by Crippen LogP contribution is -2.85. The molecule has 0 spiro atoms. The van der Waals surface area contributed by atoms with Crippen molar-refractivity contribution in [3.63, 3.8) is 0 Å². The van der Waals surface area contributed by atoms with Gasteiger partial charge in [0.25, 0.3) is 0 Å². The van der Waals surface area contributed by atoms with Gasteiger partial charge < -0.3 is 20.3 Å². The summed E-state index contributed by atoms with van der Waals surface area (Å²) in [6, 6.07) is 0. The molecule has 1 unspecified atom stereocenters. The maximum Gasteiger partial charge on any atom is 0.0949 e. The highest BCUT2D eigenvalue weighted by Gasteiger charge is 2.11. The Morgan fingerprint density at radius 2 is 2.36 bits per heavy atom. The highest BCUT2D eigenvalue weighted by atomic mass is 31.2. The third-order valence-corrected chi connectivity index (χ3v) is 3.10. The first-order chi connectivity index (χ1) is 4.61. The van der Waals surface area contributed by atoms with Crippen LogP contribution in [0, 0.1) is 0 Å². The van der Waals surface area contributed by atoms with Gasteiger partial charge in [-0.3, -0.25) is 0 Å². The van der Waals surface area contributed by atoms with Gasteiger partial charge in [0.05, 0.1) is 13.1 Å². The summed E-state index contributed by atoms with van der Waals surface area (Å²) < 4.78 is 10.9. The number of hydrogen-bond acceptors (Lipinski definition) is 2. The molecule has 0 fully saturated rings. The molecule has 1 rings (SSSR count). The number of quaternary nitrogens is 1. The van der Waals surface area contributed by atoms with Gasteiger partial charge in [-0.1, -0.05) is 0 Å². The van der Waals surface area contributed by atoms with E-state index in [1.165, 1.54) is 6.66 Å². The van der Waals surface area contributed by atoms with E-state index in [0.717, 1.165) is 13.1 Å². The first-order valence-corrected chi connectivity index (χ1v) is 5.47. The van der Waals surface area contributed by atoms with Crippen LogP contribution in [-0.4, -0.2) is 25.2 Å². The van der Waals surface area contributed by atoms with E-state index in [1.807, 2.05) is 0 Å². The first-order valence-electron chi connectivity index (χ1n) is 3.40. The summed E-state index contributed by atoms with van der Waals surface area (Å²) in [5.74, 6) is 0. The van der Waals surface area contributed by atoms with Gasteiger partial charge in [0.15, 0.2) is 0 Å². The van der Waals surface area contributed by atoms with Crippen LogP contribution in [0.15, 0.2) is 11.4 Å². The van der Waals surface area contributed by atoms with E-state index >= 15 is 0 Å². The van der Waals surface area contributed by atoms with Crippen LogP contribution in [0.2, 0.25) is 0 Å². The average Bonchev–Trinajstić information content (AvgIpc) is 1.88. The average molecular weight is 179 g/mol. The van der Waals surface area contributed by atoms with Crippen LogP contribution < -0.4 is 10.2 Å². The Labute approximate surface area is 66.1 Å². The van der Waals surface area contributed by atoms with E-state index in [-0.39, 0.29) is 5.48 Å². The third-order valence-electron chi connectivity index (χ3n) is 1.65. The minimum absolute atomic E-state index is 0. The summed E-state index contributed by atoms with van der Waals surface area (Å²) in [6.07, 6.45) is 2.51. The van der Waals surface area contributed by atoms with Gasteiger partial charge in [-0.05, 0) is 18.1 Å². The van der Waals surface area contributed by atoms with Crippen molar-refractivity contribution in [2.75, 3.05) is 19.8 Å². The summed E-state index contributed by atoms with van der Waals surface area (Å²) in [5.41, 5.74) is 0. The molecule has 0 bridgehead atoms. The van der Waals surface area contributed by atoms with Gasteiger partial charge >= 0.3 is 0 Å². The Morgan fingerprint density at radius 3 is 2.64 bits per heavy atom. The highest BCUT2D eigenvalue weighted by molar-refractivity contribution is 7.60. The van der Waals surface area contributed by atoms with Crippen molar-refractivity contribution in [3.8, 4) is 0 Å². The van der Waals surface area contributed by atoms with Gasteiger partial charge in [0.2, 0.25) is 0 Å². The molecule has 0 amide bonds. The summed E-state index contributed by atoms with van der Waals surface area (Å²) in [4.78, 5) is 10.9. The maximum atomic E-state index is 10.9. The molecule has 1 heterocycles. The van der Waals surface area contributed by atoms with Gasteiger partial charge in [-0.15, -0.1) is 0 Å². The summed E-state index contributed by atoms with van der Waals surface area (Å²) >= 11 is 0. The van der Waals surface area contributed by atoms with E-state index in [1.54, 1.807) is 6.08 Å². The van der Waals surface area contributed by atoms with Crippen molar-refractivity contribution in [1.29, 1.82) is 0 Å². The van der Waals surface area contributed by atoms with E-state index in [4.69, 9.17) is 0 Å². The van der Waals surface area contributed by atoms with Crippen LogP contribution in [0.1, 0.15) is 6.42 Å². The minimum atomic E-state index is -3.15. The SMILES string of the molecule is CP(=O)([O-])C1=CC[NH2+]CC1.O. The molecule has 11 heavy (non-hydrogen) atoms. The molecule has 1 aliphatic rings. The molecule has 4 nitrogen and oxygen atoms in total. The van der Waals surface area contributed by atoms with Crippen LogP contribution in [0.5, 0.6) is 0 Å². The predicted octanol–water partition coefficient (Wildman–Crippen LogP) is -1.72. The number of hydrogen-bond donors (Lipinski definition) is 1. The Bertz CT molecular complexity index is 196. The Morgan fingerprint density at radius 1 is 1.73 bits per heavy atom. The molecular formula is C6H14NO3P. The summed E-state index contributed by atoms with van der Waals surface area (Å²) in [6.45, 7) is 3.02. The molecule has 66 valence electrons. The largest absolute Gasteiger partial charge is 0.796 e. The molecule has 0 radical (unpaired) electrons. The van der Waals surface area contributed by atoms with Crippen molar-refractivity contribution < 1.29 is 20.3 Å². The molecule has 0 saturated heterocycles. The topological polar surface area (TPSA) is 88.2 Å². The normalized spacial score (nSPS) is 22.9. The standard InChI is InChI=1S/C6H12NO2P.H2O/c1-10(8,9)6-2-4-7-5-3-6;/h2,7H,3-5H2,1H3,(H,8,9);1H2. The molecule has 4 N–H and O–H groups in total. The van der Waals surface area contributed by atoms with Gasteiger partial charge in [-0.25, -0.2) is 0 Å². The first kappa shape index (κ1) is 10.8. The van der Waals surface area contributed by atoms with Crippen LogP contribution in [-0.2, 0) is 4.57 Å². The summed E-state index contributed by atoms with van der Waals surface area (Å²) in [7, 11) is -3.15. The van der Waals surface area contributed by atoms with Crippen molar-refractivity contribution in [2.45, 2.75) is 6.42 Å². The second-order valence-corrected chi connectivity index (χ2v) is 4.87. The highest BCUT2D eigenvalue weighted by Crippen LogP contribution is 2.42. The van der Waals surface area contributed by atoms with Crippen LogP contribution >= 0.6 is 7.37 Å². The lowest BCUT2D eigenvalue weighted by atomic mass is 10.3. The van der Waals surface area contributed by atoms with Gasteiger partial charge in [0, 0.05) is 13.8 Å². The fourth-order valence-electron chi connectivity index (χ4n) is 1.06. The number of nitrogens with two attached hydrogens (primary N) is 1. The molecular weight excluding hydrogens is 165 g/mol. The second-order valence-electron chi connectivity index (χ2n) is 2.60. The van der Waals surface area contributed by atoms with E-state index in [2.05, 4.69) is 5.32 Å². The molecule has 0 aromatic heterocycles. The third kappa shape index (κ3) is 3.16. The molecule has 5 heteroatoms. The predicted molar refractivity (Wildman–Crippen MR) is 41.5 cm³/mol.